The molecule has 1 spiro atoms. The van der Waals surface area contributed by atoms with Crippen LogP contribution in [-0.4, -0.2) is 42.5 Å². The number of aromatic carboxylic acids is 1. The summed E-state index contributed by atoms with van der Waals surface area (Å²) in [6, 6.07) is 7.84. The molecule has 0 saturated carbocycles. The number of carbonyl (C=O) groups excluding carboxylic acids is 2. The summed E-state index contributed by atoms with van der Waals surface area (Å²) in [5.41, 5.74) is -0.802. The van der Waals surface area contributed by atoms with E-state index in [1.807, 2.05) is 0 Å². The summed E-state index contributed by atoms with van der Waals surface area (Å²) in [6.45, 7) is 1.72. The number of nitrogens with one attached hydrogen (secondary N) is 1. The number of rotatable bonds is 5. The summed E-state index contributed by atoms with van der Waals surface area (Å²) in [6.07, 6.45) is 1.54. The van der Waals surface area contributed by atoms with Crippen LogP contribution in [0.5, 0.6) is 17.2 Å². The van der Waals surface area contributed by atoms with Crippen molar-refractivity contribution in [3.8, 4) is 17.2 Å². The monoisotopic (exact) mass is 457 g/mol. The van der Waals surface area contributed by atoms with Gasteiger partial charge in [0.2, 0.25) is 17.2 Å². The lowest BCUT2D eigenvalue weighted by Crippen LogP contribution is -2.55. The molecule has 1 heterocycles. The molecule has 1 aliphatic carbocycles. The summed E-state index contributed by atoms with van der Waals surface area (Å²) >= 11 is 6.38. The molecule has 0 saturated heterocycles. The van der Waals surface area contributed by atoms with Crippen molar-refractivity contribution in [2.24, 2.45) is 5.92 Å². The van der Waals surface area contributed by atoms with Crippen molar-refractivity contribution in [3.05, 3.63) is 58.3 Å². The molecule has 0 radical (unpaired) electrons. The number of methoxy groups -OCH3 is 2. The normalized spacial score (nSPS) is 21.6. The summed E-state index contributed by atoms with van der Waals surface area (Å²) in [7, 11) is 2.82. The highest BCUT2D eigenvalue weighted by Crippen LogP contribution is 2.53. The van der Waals surface area contributed by atoms with E-state index < -0.39 is 29.1 Å². The summed E-state index contributed by atoms with van der Waals surface area (Å²) < 4.78 is 16.6. The number of carbonyl (C=O) groups is 3. The largest absolute Gasteiger partial charge is 0.496 e. The average Bonchev–Trinajstić information content (AvgIpc) is 3.08. The fourth-order valence-corrected chi connectivity index (χ4v) is 4.43. The number of allylic oxidation sites excluding steroid dienone is 1. The van der Waals surface area contributed by atoms with Crippen LogP contribution in [0.25, 0.3) is 0 Å². The molecule has 8 nitrogen and oxygen atoms in total. The minimum atomic E-state index is -1.79. The maximum Gasteiger partial charge on any atom is 0.337 e. The number of carboxylic acid groups (broad SMARTS) is 1. The molecule has 32 heavy (non-hydrogen) atoms. The van der Waals surface area contributed by atoms with Crippen molar-refractivity contribution in [2.75, 3.05) is 19.5 Å². The summed E-state index contributed by atoms with van der Waals surface area (Å²) in [4.78, 5) is 38.3. The average molecular weight is 458 g/mol. The van der Waals surface area contributed by atoms with E-state index in [4.69, 9.17) is 25.8 Å². The second kappa shape index (κ2) is 7.87. The molecule has 2 aromatic carbocycles. The predicted molar refractivity (Wildman–Crippen MR) is 116 cm³/mol. The van der Waals surface area contributed by atoms with Crippen molar-refractivity contribution in [1.82, 2.24) is 0 Å². The molecule has 166 valence electrons. The molecule has 2 aromatic rings. The Morgan fingerprint density at radius 3 is 2.53 bits per heavy atom. The van der Waals surface area contributed by atoms with E-state index in [-0.39, 0.29) is 39.8 Å². The summed E-state index contributed by atoms with van der Waals surface area (Å²) in [5, 5.41) is 12.5. The van der Waals surface area contributed by atoms with E-state index >= 15 is 0 Å². The SMILES string of the molecule is COc1cc(OC)c2c(c1Cl)O[C@@]1(C(=O)C=C(Nc3ccccc3C(=O)O)C[C@H]1C)C2=O. The van der Waals surface area contributed by atoms with E-state index in [1.54, 1.807) is 25.1 Å². The van der Waals surface area contributed by atoms with Crippen molar-refractivity contribution in [2.45, 2.75) is 18.9 Å². The van der Waals surface area contributed by atoms with Crippen molar-refractivity contribution >= 4 is 34.8 Å². The third kappa shape index (κ3) is 3.10. The van der Waals surface area contributed by atoms with Gasteiger partial charge in [-0.25, -0.2) is 4.79 Å². The third-order valence-corrected chi connectivity index (χ3v) is 6.12. The van der Waals surface area contributed by atoms with Gasteiger partial charge in [0.1, 0.15) is 22.1 Å². The quantitative estimate of drug-likeness (QED) is 0.649. The van der Waals surface area contributed by atoms with Crippen LogP contribution < -0.4 is 19.5 Å². The Labute approximate surface area is 188 Å². The fourth-order valence-electron chi connectivity index (χ4n) is 4.17. The number of ether oxygens (including phenoxy) is 3. The fraction of sp³-hybridized carbons (Fsp3) is 0.261. The number of fused-ring (bicyclic) bond motifs is 1. The van der Waals surface area contributed by atoms with E-state index in [9.17, 15) is 19.5 Å². The Kier molecular flexibility index (Phi) is 5.34. The number of hydrogen-bond donors (Lipinski definition) is 2. The Bertz CT molecular complexity index is 1190. The van der Waals surface area contributed by atoms with Gasteiger partial charge in [0.05, 0.1) is 25.5 Å². The number of benzene rings is 2. The molecule has 0 amide bonds. The Morgan fingerprint density at radius 2 is 1.91 bits per heavy atom. The highest BCUT2D eigenvalue weighted by atomic mass is 35.5. The van der Waals surface area contributed by atoms with Gasteiger partial charge in [0.15, 0.2) is 5.75 Å². The predicted octanol–water partition coefficient (Wildman–Crippen LogP) is 3.97. The molecule has 0 unspecified atom stereocenters. The molecule has 4 rings (SSSR count). The third-order valence-electron chi connectivity index (χ3n) is 5.76. The van der Waals surface area contributed by atoms with Gasteiger partial charge in [-0.3, -0.25) is 9.59 Å². The molecule has 0 fully saturated rings. The molecule has 0 aromatic heterocycles. The number of halogens is 1. The van der Waals surface area contributed by atoms with Crippen molar-refractivity contribution in [1.29, 1.82) is 0 Å². The van der Waals surface area contributed by atoms with Gasteiger partial charge in [-0.15, -0.1) is 0 Å². The van der Waals surface area contributed by atoms with Gasteiger partial charge in [0.25, 0.3) is 0 Å². The van der Waals surface area contributed by atoms with Crippen LogP contribution in [0.15, 0.2) is 42.1 Å². The standard InChI is InChI=1S/C23H20ClNO7/c1-11-8-12(25-14-7-5-4-6-13(14)22(28)29)9-17(26)23(11)21(27)18-15(30-2)10-16(31-3)19(24)20(18)32-23/h4-7,9-11,25H,8H2,1-3H3,(H,28,29)/t11-,23+/m1/s1. The van der Waals surface area contributed by atoms with Gasteiger partial charge >= 0.3 is 5.97 Å². The van der Waals surface area contributed by atoms with Crippen LogP contribution in [0, 0.1) is 5.92 Å². The van der Waals surface area contributed by atoms with Crippen LogP contribution in [0.2, 0.25) is 5.02 Å². The highest BCUT2D eigenvalue weighted by Gasteiger charge is 2.60. The number of Topliss-reactive ketones (excluding diaryl/α,β-unsaturated/α-hetero) is 1. The van der Waals surface area contributed by atoms with Gasteiger partial charge < -0.3 is 24.6 Å². The number of anilines is 1. The zero-order chi connectivity index (χ0) is 23.2. The van der Waals surface area contributed by atoms with E-state index in [2.05, 4.69) is 5.32 Å². The van der Waals surface area contributed by atoms with Gasteiger partial charge in [-0.05, 0) is 18.6 Å². The molecule has 9 heteroatoms. The minimum Gasteiger partial charge on any atom is -0.496 e. The van der Waals surface area contributed by atoms with E-state index in [1.165, 1.54) is 32.4 Å². The molecular weight excluding hydrogens is 438 g/mol. The molecule has 2 aliphatic rings. The topological polar surface area (TPSA) is 111 Å². The number of hydrogen-bond acceptors (Lipinski definition) is 7. The maximum atomic E-state index is 13.5. The van der Waals surface area contributed by atoms with Gasteiger partial charge in [-0.2, -0.15) is 0 Å². The van der Waals surface area contributed by atoms with Crippen molar-refractivity contribution < 1.29 is 33.7 Å². The zero-order valence-electron chi connectivity index (χ0n) is 17.5. The van der Waals surface area contributed by atoms with Crippen LogP contribution in [0.3, 0.4) is 0 Å². The lowest BCUT2D eigenvalue weighted by molar-refractivity contribution is -0.129. The number of ketones is 2. The number of carboxylic acids is 1. The number of para-hydroxylation sites is 1. The lowest BCUT2D eigenvalue weighted by Gasteiger charge is -2.35. The smallest absolute Gasteiger partial charge is 0.337 e. The summed E-state index contributed by atoms with van der Waals surface area (Å²) in [5.74, 6) is -2.27. The lowest BCUT2D eigenvalue weighted by atomic mass is 9.74. The first kappa shape index (κ1) is 21.7. The highest BCUT2D eigenvalue weighted by molar-refractivity contribution is 6.36. The van der Waals surface area contributed by atoms with E-state index in [0.717, 1.165) is 0 Å². The van der Waals surface area contributed by atoms with Gasteiger partial charge in [-0.1, -0.05) is 30.7 Å². The molecule has 2 atom stereocenters. The second-order valence-electron chi connectivity index (χ2n) is 7.58. The zero-order valence-corrected chi connectivity index (χ0v) is 18.3. The van der Waals surface area contributed by atoms with Crippen LogP contribution in [0.1, 0.15) is 34.1 Å². The maximum absolute atomic E-state index is 13.5. The Balaban J connectivity index is 1.73. The van der Waals surface area contributed by atoms with Gasteiger partial charge in [0, 0.05) is 23.8 Å². The van der Waals surface area contributed by atoms with E-state index in [0.29, 0.717) is 11.4 Å². The first-order chi connectivity index (χ1) is 15.2. The second-order valence-corrected chi connectivity index (χ2v) is 7.96. The molecule has 2 N–H and O–H groups in total. The van der Waals surface area contributed by atoms with Crippen molar-refractivity contribution in [3.63, 3.8) is 0 Å². The first-order valence-electron chi connectivity index (χ1n) is 9.77. The molecule has 0 bridgehead atoms. The van der Waals surface area contributed by atoms with Crippen LogP contribution in [0.4, 0.5) is 5.69 Å². The van der Waals surface area contributed by atoms with Crippen LogP contribution >= 0.6 is 11.6 Å². The molecule has 1 aliphatic heterocycles. The Morgan fingerprint density at radius 1 is 1.22 bits per heavy atom. The first-order valence-corrected chi connectivity index (χ1v) is 10.1. The van der Waals surface area contributed by atoms with Crippen LogP contribution in [-0.2, 0) is 4.79 Å². The minimum absolute atomic E-state index is 0.0501. The molecular formula is C23H20ClNO7. The Hall–Kier alpha value is -3.52.